The van der Waals surface area contributed by atoms with Crippen molar-refractivity contribution in [1.82, 2.24) is 4.90 Å². The number of hydrogen-bond donors (Lipinski definition) is 0. The van der Waals surface area contributed by atoms with Crippen molar-refractivity contribution in [2.45, 2.75) is 45.6 Å². The predicted molar refractivity (Wildman–Crippen MR) is 78.1 cm³/mol. The summed E-state index contributed by atoms with van der Waals surface area (Å²) in [5, 5.41) is 0. The first-order chi connectivity index (χ1) is 9.10. The van der Waals surface area contributed by atoms with Gasteiger partial charge in [0.1, 0.15) is 0 Å². The second-order valence-electron chi connectivity index (χ2n) is 5.08. The summed E-state index contributed by atoms with van der Waals surface area (Å²) in [6.45, 7) is 4.87. The monoisotopic (exact) mass is 287 g/mol. The molecule has 4 nitrogen and oxygen atoms in total. The van der Waals surface area contributed by atoms with Crippen LogP contribution in [0.4, 0.5) is 0 Å². The molecule has 19 heavy (non-hydrogen) atoms. The van der Waals surface area contributed by atoms with Crippen LogP contribution in [0.25, 0.3) is 0 Å². The van der Waals surface area contributed by atoms with Gasteiger partial charge in [-0.1, -0.05) is 13.8 Å². The standard InChI is InChI=1S/C14H25NO3S/c1-4-12-7-5-6-8-15(12)13(16)10-19-9-11(2)14(17)18-3/h11-12H,4-10H2,1-3H3. The van der Waals surface area contributed by atoms with Gasteiger partial charge in [0.2, 0.25) is 5.91 Å². The number of piperidine rings is 1. The van der Waals surface area contributed by atoms with Crippen molar-refractivity contribution in [3.05, 3.63) is 0 Å². The molecule has 0 aromatic carbocycles. The Morgan fingerprint density at radius 2 is 2.16 bits per heavy atom. The fourth-order valence-corrected chi connectivity index (χ4v) is 3.38. The molecule has 1 rings (SSSR count). The Morgan fingerprint density at radius 3 is 2.79 bits per heavy atom. The normalized spacial score (nSPS) is 21.0. The van der Waals surface area contributed by atoms with Crippen molar-refractivity contribution in [3.8, 4) is 0 Å². The number of carbonyl (C=O) groups excluding carboxylic acids is 2. The summed E-state index contributed by atoms with van der Waals surface area (Å²) >= 11 is 1.53. The van der Waals surface area contributed by atoms with Gasteiger partial charge in [-0.25, -0.2) is 0 Å². The lowest BCUT2D eigenvalue weighted by molar-refractivity contribution is -0.144. The summed E-state index contributed by atoms with van der Waals surface area (Å²) in [5.41, 5.74) is 0. The second-order valence-corrected chi connectivity index (χ2v) is 6.11. The van der Waals surface area contributed by atoms with Crippen molar-refractivity contribution < 1.29 is 14.3 Å². The molecule has 0 saturated carbocycles. The number of thioether (sulfide) groups is 1. The van der Waals surface area contributed by atoms with E-state index in [0.717, 1.165) is 25.8 Å². The molecular weight excluding hydrogens is 262 g/mol. The summed E-state index contributed by atoms with van der Waals surface area (Å²) < 4.78 is 4.67. The molecule has 1 amide bonds. The summed E-state index contributed by atoms with van der Waals surface area (Å²) in [6, 6.07) is 0.417. The van der Waals surface area contributed by atoms with E-state index in [-0.39, 0.29) is 17.8 Å². The maximum absolute atomic E-state index is 12.2. The zero-order chi connectivity index (χ0) is 14.3. The van der Waals surface area contributed by atoms with E-state index in [0.29, 0.717) is 17.5 Å². The first-order valence-electron chi connectivity index (χ1n) is 7.05. The van der Waals surface area contributed by atoms with Gasteiger partial charge in [-0.15, -0.1) is 0 Å². The van der Waals surface area contributed by atoms with E-state index < -0.39 is 0 Å². The topological polar surface area (TPSA) is 46.6 Å². The maximum atomic E-state index is 12.2. The lowest BCUT2D eigenvalue weighted by Crippen LogP contribution is -2.44. The van der Waals surface area contributed by atoms with Crippen molar-refractivity contribution in [2.75, 3.05) is 25.2 Å². The lowest BCUT2D eigenvalue weighted by Gasteiger charge is -2.35. The molecule has 0 spiro atoms. The summed E-state index contributed by atoms with van der Waals surface area (Å²) in [7, 11) is 1.40. The highest BCUT2D eigenvalue weighted by molar-refractivity contribution is 7.99. The minimum absolute atomic E-state index is 0.147. The number of likely N-dealkylation sites (tertiary alicyclic amines) is 1. The number of hydrogen-bond acceptors (Lipinski definition) is 4. The Labute approximate surface area is 120 Å². The smallest absolute Gasteiger partial charge is 0.309 e. The van der Waals surface area contributed by atoms with E-state index in [1.54, 1.807) is 0 Å². The van der Waals surface area contributed by atoms with Gasteiger partial charge in [0.25, 0.3) is 0 Å². The zero-order valence-electron chi connectivity index (χ0n) is 12.2. The summed E-state index contributed by atoms with van der Waals surface area (Å²) in [4.78, 5) is 25.5. The number of esters is 1. The SMILES string of the molecule is CCC1CCCCN1C(=O)CSCC(C)C(=O)OC. The molecule has 1 fully saturated rings. The van der Waals surface area contributed by atoms with Crippen LogP contribution in [0.5, 0.6) is 0 Å². The van der Waals surface area contributed by atoms with Gasteiger partial charge >= 0.3 is 5.97 Å². The zero-order valence-corrected chi connectivity index (χ0v) is 13.0. The minimum Gasteiger partial charge on any atom is -0.469 e. The molecule has 0 aromatic rings. The van der Waals surface area contributed by atoms with Crippen LogP contribution in [0.3, 0.4) is 0 Å². The van der Waals surface area contributed by atoms with Crippen molar-refractivity contribution in [3.63, 3.8) is 0 Å². The molecule has 0 aromatic heterocycles. The van der Waals surface area contributed by atoms with Crippen molar-refractivity contribution in [2.24, 2.45) is 5.92 Å². The number of carbonyl (C=O) groups is 2. The molecule has 0 aliphatic carbocycles. The Hall–Kier alpha value is -0.710. The third-order valence-corrected chi connectivity index (χ3v) is 4.80. The van der Waals surface area contributed by atoms with Gasteiger partial charge in [-0.3, -0.25) is 9.59 Å². The van der Waals surface area contributed by atoms with Crippen molar-refractivity contribution >= 4 is 23.6 Å². The lowest BCUT2D eigenvalue weighted by atomic mass is 10.0. The van der Waals surface area contributed by atoms with Crippen LogP contribution in [-0.4, -0.2) is 48.0 Å². The second kappa shape index (κ2) is 8.46. The van der Waals surface area contributed by atoms with E-state index in [1.807, 2.05) is 11.8 Å². The van der Waals surface area contributed by atoms with Crippen LogP contribution in [0.2, 0.25) is 0 Å². The third kappa shape index (κ3) is 5.05. The summed E-state index contributed by atoms with van der Waals surface area (Å²) in [5.74, 6) is 0.977. The average Bonchev–Trinajstić information content (AvgIpc) is 2.45. The van der Waals surface area contributed by atoms with Crippen LogP contribution in [-0.2, 0) is 14.3 Å². The summed E-state index contributed by atoms with van der Waals surface area (Å²) in [6.07, 6.45) is 4.51. The number of nitrogens with zero attached hydrogens (tertiary/aromatic N) is 1. The quantitative estimate of drug-likeness (QED) is 0.703. The molecule has 0 bridgehead atoms. The molecular formula is C14H25NO3S. The minimum atomic E-state index is -0.204. The number of methoxy groups -OCH3 is 1. The van der Waals surface area contributed by atoms with E-state index in [9.17, 15) is 9.59 Å². The van der Waals surface area contributed by atoms with Gasteiger partial charge in [-0.2, -0.15) is 11.8 Å². The molecule has 110 valence electrons. The molecule has 1 heterocycles. The molecule has 0 N–H and O–H groups in total. The fraction of sp³-hybridized carbons (Fsp3) is 0.857. The van der Waals surface area contributed by atoms with Gasteiger partial charge in [0.05, 0.1) is 18.8 Å². The Morgan fingerprint density at radius 1 is 1.42 bits per heavy atom. The maximum Gasteiger partial charge on any atom is 0.309 e. The highest BCUT2D eigenvalue weighted by Crippen LogP contribution is 2.21. The first kappa shape index (κ1) is 16.3. The van der Waals surface area contributed by atoms with Gasteiger partial charge < -0.3 is 9.64 Å². The number of amides is 1. The van der Waals surface area contributed by atoms with E-state index >= 15 is 0 Å². The molecule has 1 aliphatic rings. The van der Waals surface area contributed by atoms with Gasteiger partial charge in [0, 0.05) is 18.3 Å². The molecule has 2 atom stereocenters. The predicted octanol–water partition coefficient (Wildman–Crippen LogP) is 2.32. The fourth-order valence-electron chi connectivity index (χ4n) is 2.43. The largest absolute Gasteiger partial charge is 0.469 e. The van der Waals surface area contributed by atoms with E-state index in [1.165, 1.54) is 25.3 Å². The first-order valence-corrected chi connectivity index (χ1v) is 8.20. The molecule has 5 heteroatoms. The van der Waals surface area contributed by atoms with E-state index in [2.05, 4.69) is 11.7 Å². The molecule has 0 radical (unpaired) electrons. The Kier molecular flexibility index (Phi) is 7.28. The number of ether oxygens (including phenoxy) is 1. The van der Waals surface area contributed by atoms with E-state index in [4.69, 9.17) is 0 Å². The van der Waals surface area contributed by atoms with Crippen LogP contribution < -0.4 is 0 Å². The van der Waals surface area contributed by atoms with Crippen LogP contribution in [0.1, 0.15) is 39.5 Å². The Balaban J connectivity index is 2.32. The molecule has 1 saturated heterocycles. The van der Waals surface area contributed by atoms with Crippen LogP contribution in [0, 0.1) is 5.92 Å². The number of rotatable bonds is 6. The Bertz CT molecular complexity index is 309. The average molecular weight is 287 g/mol. The highest BCUT2D eigenvalue weighted by atomic mass is 32.2. The molecule has 1 aliphatic heterocycles. The highest BCUT2D eigenvalue weighted by Gasteiger charge is 2.25. The van der Waals surface area contributed by atoms with Gasteiger partial charge in [-0.05, 0) is 25.7 Å². The molecule has 2 unspecified atom stereocenters. The third-order valence-electron chi connectivity index (χ3n) is 3.62. The van der Waals surface area contributed by atoms with Crippen LogP contribution >= 0.6 is 11.8 Å². The van der Waals surface area contributed by atoms with Gasteiger partial charge in [0.15, 0.2) is 0 Å². The van der Waals surface area contributed by atoms with Crippen LogP contribution in [0.15, 0.2) is 0 Å². The van der Waals surface area contributed by atoms with Crippen molar-refractivity contribution in [1.29, 1.82) is 0 Å².